The van der Waals surface area contributed by atoms with Gasteiger partial charge in [-0.05, 0) is 62.4 Å². The topological polar surface area (TPSA) is 23.6 Å². The van der Waals surface area contributed by atoms with Gasteiger partial charge in [-0.3, -0.25) is 9.69 Å². The van der Waals surface area contributed by atoms with Crippen LogP contribution < -0.4 is 0 Å². The molecule has 2 fully saturated rings. The van der Waals surface area contributed by atoms with Crippen LogP contribution in [0.3, 0.4) is 0 Å². The summed E-state index contributed by atoms with van der Waals surface area (Å²) >= 11 is 0. The fourth-order valence-corrected chi connectivity index (χ4v) is 3.66. The molecule has 0 aromatic heterocycles. The minimum atomic E-state index is -0.159. The Morgan fingerprint density at radius 1 is 1.26 bits per heavy atom. The van der Waals surface area contributed by atoms with Gasteiger partial charge in [0.05, 0.1) is 0 Å². The predicted octanol–water partition coefficient (Wildman–Crippen LogP) is 3.30. The fourth-order valence-electron chi connectivity index (χ4n) is 3.66. The van der Waals surface area contributed by atoms with Crippen molar-refractivity contribution >= 4 is 5.91 Å². The number of hydrogen-bond acceptors (Lipinski definition) is 2. The van der Waals surface area contributed by atoms with Gasteiger partial charge in [0.2, 0.25) is 5.91 Å². The minimum Gasteiger partial charge on any atom is -0.345 e. The quantitative estimate of drug-likeness (QED) is 0.832. The second-order valence-corrected chi connectivity index (χ2v) is 7.20. The standard InChI is InChI=1S/C19H27FN2O/c1-21(19(23)17-5-3-6-17)13-15-8-10-22(11-9-15)14-16-4-2-7-18(20)12-16/h2,4,7,12,15,17H,3,5-6,8-11,13-14H2,1H3. The molecule has 3 nitrogen and oxygen atoms in total. The molecular weight excluding hydrogens is 291 g/mol. The Morgan fingerprint density at radius 3 is 2.61 bits per heavy atom. The summed E-state index contributed by atoms with van der Waals surface area (Å²) in [5.41, 5.74) is 1.04. The van der Waals surface area contributed by atoms with Crippen molar-refractivity contribution in [3.63, 3.8) is 0 Å². The first kappa shape index (κ1) is 16.4. The van der Waals surface area contributed by atoms with Gasteiger partial charge >= 0.3 is 0 Å². The van der Waals surface area contributed by atoms with Crippen LogP contribution in [0, 0.1) is 17.7 Å². The molecule has 0 N–H and O–H groups in total. The summed E-state index contributed by atoms with van der Waals surface area (Å²) in [4.78, 5) is 16.6. The summed E-state index contributed by atoms with van der Waals surface area (Å²) in [6, 6.07) is 6.88. The second kappa shape index (κ2) is 7.43. The van der Waals surface area contributed by atoms with Crippen molar-refractivity contribution in [1.82, 2.24) is 9.80 Å². The first-order valence-corrected chi connectivity index (χ1v) is 8.83. The Balaban J connectivity index is 1.42. The molecule has 1 saturated heterocycles. The Morgan fingerprint density at radius 2 is 2.00 bits per heavy atom. The fraction of sp³-hybridized carbons (Fsp3) is 0.632. The van der Waals surface area contributed by atoms with Crippen LogP contribution in [-0.4, -0.2) is 42.4 Å². The molecule has 1 aliphatic carbocycles. The maximum Gasteiger partial charge on any atom is 0.225 e. The lowest BCUT2D eigenvalue weighted by Gasteiger charge is -2.35. The zero-order chi connectivity index (χ0) is 16.2. The Labute approximate surface area is 138 Å². The zero-order valence-electron chi connectivity index (χ0n) is 14.0. The molecule has 4 heteroatoms. The van der Waals surface area contributed by atoms with Crippen LogP contribution in [-0.2, 0) is 11.3 Å². The summed E-state index contributed by atoms with van der Waals surface area (Å²) in [7, 11) is 1.96. The maximum absolute atomic E-state index is 13.2. The number of hydrogen-bond donors (Lipinski definition) is 0. The summed E-state index contributed by atoms with van der Waals surface area (Å²) in [5, 5.41) is 0. The molecule has 0 atom stereocenters. The van der Waals surface area contributed by atoms with E-state index in [0.29, 0.717) is 17.7 Å². The minimum absolute atomic E-state index is 0.159. The molecule has 1 heterocycles. The van der Waals surface area contributed by atoms with Gasteiger partial charge in [0.15, 0.2) is 0 Å². The number of amides is 1. The van der Waals surface area contributed by atoms with Crippen LogP contribution in [0.2, 0.25) is 0 Å². The van der Waals surface area contributed by atoms with Gasteiger partial charge in [-0.15, -0.1) is 0 Å². The number of likely N-dealkylation sites (tertiary alicyclic amines) is 1. The lowest BCUT2D eigenvalue weighted by molar-refractivity contribution is -0.137. The number of benzene rings is 1. The highest BCUT2D eigenvalue weighted by Gasteiger charge is 2.29. The van der Waals surface area contributed by atoms with Crippen LogP contribution in [0.5, 0.6) is 0 Å². The number of rotatable bonds is 5. The van der Waals surface area contributed by atoms with Crippen molar-refractivity contribution in [2.24, 2.45) is 11.8 Å². The van der Waals surface area contributed by atoms with Crippen LogP contribution in [0.25, 0.3) is 0 Å². The normalized spacial score (nSPS) is 20.3. The van der Waals surface area contributed by atoms with Gasteiger partial charge < -0.3 is 4.90 Å². The molecule has 0 unspecified atom stereocenters. The van der Waals surface area contributed by atoms with Crippen molar-refractivity contribution in [3.05, 3.63) is 35.6 Å². The third-order valence-corrected chi connectivity index (χ3v) is 5.37. The summed E-state index contributed by atoms with van der Waals surface area (Å²) in [6.45, 7) is 3.78. The molecule has 0 bridgehead atoms. The van der Waals surface area contributed by atoms with Gasteiger partial charge in [0, 0.05) is 26.1 Å². The average Bonchev–Trinajstić information content (AvgIpc) is 2.47. The van der Waals surface area contributed by atoms with E-state index in [0.717, 1.165) is 57.4 Å². The van der Waals surface area contributed by atoms with Gasteiger partial charge in [-0.25, -0.2) is 4.39 Å². The van der Waals surface area contributed by atoms with Gasteiger partial charge in [-0.1, -0.05) is 18.6 Å². The molecule has 1 aromatic carbocycles. The van der Waals surface area contributed by atoms with Crippen molar-refractivity contribution < 1.29 is 9.18 Å². The first-order valence-electron chi connectivity index (χ1n) is 8.83. The molecule has 126 valence electrons. The van der Waals surface area contributed by atoms with Gasteiger partial charge in [-0.2, -0.15) is 0 Å². The smallest absolute Gasteiger partial charge is 0.225 e. The van der Waals surface area contributed by atoms with Crippen molar-refractivity contribution in [1.29, 1.82) is 0 Å². The van der Waals surface area contributed by atoms with Crippen molar-refractivity contribution in [3.8, 4) is 0 Å². The zero-order valence-corrected chi connectivity index (χ0v) is 14.0. The van der Waals surface area contributed by atoms with E-state index in [1.165, 1.54) is 12.5 Å². The molecule has 1 aliphatic heterocycles. The lowest BCUT2D eigenvalue weighted by atomic mass is 9.84. The molecule has 1 saturated carbocycles. The Kier molecular flexibility index (Phi) is 5.31. The highest BCUT2D eigenvalue weighted by atomic mass is 19.1. The highest BCUT2D eigenvalue weighted by Crippen LogP contribution is 2.29. The Hall–Kier alpha value is -1.42. The Bertz CT molecular complexity index is 536. The van der Waals surface area contributed by atoms with Crippen LogP contribution in [0.4, 0.5) is 4.39 Å². The highest BCUT2D eigenvalue weighted by molar-refractivity contribution is 5.79. The first-order chi connectivity index (χ1) is 11.1. The van der Waals surface area contributed by atoms with E-state index in [-0.39, 0.29) is 5.82 Å². The monoisotopic (exact) mass is 318 g/mol. The summed E-state index contributed by atoms with van der Waals surface area (Å²) < 4.78 is 13.2. The van der Waals surface area contributed by atoms with E-state index < -0.39 is 0 Å². The summed E-state index contributed by atoms with van der Waals surface area (Å²) in [5.74, 6) is 1.09. The van der Waals surface area contributed by atoms with E-state index in [2.05, 4.69) is 4.90 Å². The van der Waals surface area contributed by atoms with E-state index in [4.69, 9.17) is 0 Å². The van der Waals surface area contributed by atoms with E-state index in [1.807, 2.05) is 18.0 Å². The predicted molar refractivity (Wildman–Crippen MR) is 89.4 cm³/mol. The van der Waals surface area contributed by atoms with E-state index in [9.17, 15) is 9.18 Å². The van der Waals surface area contributed by atoms with Crippen LogP contribution >= 0.6 is 0 Å². The van der Waals surface area contributed by atoms with Crippen LogP contribution in [0.1, 0.15) is 37.7 Å². The molecule has 0 spiro atoms. The molecule has 3 rings (SSSR count). The number of carbonyl (C=O) groups excluding carboxylic acids is 1. The lowest BCUT2D eigenvalue weighted by Crippen LogP contribution is -2.42. The molecular formula is C19H27FN2O. The molecule has 0 radical (unpaired) electrons. The van der Waals surface area contributed by atoms with E-state index >= 15 is 0 Å². The number of nitrogens with zero attached hydrogens (tertiary/aromatic N) is 2. The van der Waals surface area contributed by atoms with Crippen LogP contribution in [0.15, 0.2) is 24.3 Å². The largest absolute Gasteiger partial charge is 0.345 e. The number of carbonyl (C=O) groups is 1. The summed E-state index contributed by atoms with van der Waals surface area (Å²) in [6.07, 6.45) is 5.61. The molecule has 23 heavy (non-hydrogen) atoms. The number of halogens is 1. The SMILES string of the molecule is CN(CC1CCN(Cc2cccc(F)c2)CC1)C(=O)C1CCC1. The average molecular weight is 318 g/mol. The van der Waals surface area contributed by atoms with Gasteiger partial charge in [0.1, 0.15) is 5.82 Å². The van der Waals surface area contributed by atoms with E-state index in [1.54, 1.807) is 12.1 Å². The number of piperidine rings is 1. The van der Waals surface area contributed by atoms with Crippen molar-refractivity contribution in [2.75, 3.05) is 26.7 Å². The molecule has 2 aliphatic rings. The molecule has 1 aromatic rings. The third-order valence-electron chi connectivity index (χ3n) is 5.37. The second-order valence-electron chi connectivity index (χ2n) is 7.20. The maximum atomic E-state index is 13.2. The third kappa shape index (κ3) is 4.31. The molecule has 1 amide bonds. The van der Waals surface area contributed by atoms with Crippen molar-refractivity contribution in [2.45, 2.75) is 38.6 Å². The van der Waals surface area contributed by atoms with Gasteiger partial charge in [0.25, 0.3) is 0 Å².